The Morgan fingerprint density at radius 3 is 2.80 bits per heavy atom. The van der Waals surface area contributed by atoms with Crippen molar-refractivity contribution in [3.63, 3.8) is 0 Å². The highest BCUT2D eigenvalue weighted by atomic mass is 16.2. The van der Waals surface area contributed by atoms with Crippen molar-refractivity contribution in [2.24, 2.45) is 0 Å². The van der Waals surface area contributed by atoms with Crippen LogP contribution in [0.2, 0.25) is 0 Å². The molecule has 0 aliphatic carbocycles. The monoisotopic (exact) mass is 269 g/mol. The van der Waals surface area contributed by atoms with Gasteiger partial charge in [0.1, 0.15) is 18.0 Å². The van der Waals surface area contributed by atoms with E-state index in [1.165, 1.54) is 6.33 Å². The Balaban J connectivity index is 1.77. The quantitative estimate of drug-likeness (QED) is 0.737. The molecule has 0 saturated heterocycles. The van der Waals surface area contributed by atoms with Gasteiger partial charge in [-0.25, -0.2) is 15.0 Å². The van der Waals surface area contributed by atoms with Crippen LogP contribution in [0, 0.1) is 6.92 Å². The fraction of sp³-hybridized carbons (Fsp3) is 0.0833. The minimum Gasteiger partial charge on any atom is -0.318 e. The number of amides is 1. The van der Waals surface area contributed by atoms with Crippen LogP contribution in [0.15, 0.2) is 37.1 Å². The van der Waals surface area contributed by atoms with E-state index in [9.17, 15) is 4.79 Å². The molecular weight excluding hydrogens is 258 g/mol. The number of aromatic nitrogens is 6. The molecule has 0 radical (unpaired) electrons. The number of nitrogens with one attached hydrogen (secondary N) is 2. The molecule has 0 atom stereocenters. The topological polar surface area (TPSA) is 101 Å². The number of rotatable bonds is 3. The van der Waals surface area contributed by atoms with Crippen molar-refractivity contribution in [2.75, 3.05) is 5.32 Å². The van der Waals surface area contributed by atoms with Crippen molar-refractivity contribution in [1.82, 2.24) is 29.7 Å². The molecule has 0 aliphatic rings. The molecular formula is C12H11N7O. The molecule has 8 nitrogen and oxygen atoms in total. The van der Waals surface area contributed by atoms with Crippen LogP contribution >= 0.6 is 0 Å². The van der Waals surface area contributed by atoms with E-state index in [0.29, 0.717) is 5.69 Å². The van der Waals surface area contributed by atoms with Crippen molar-refractivity contribution in [3.05, 3.63) is 48.7 Å². The normalized spacial score (nSPS) is 10.4. The highest BCUT2D eigenvalue weighted by molar-refractivity contribution is 6.01. The minimum atomic E-state index is -0.365. The highest BCUT2D eigenvalue weighted by Crippen LogP contribution is 2.11. The average Bonchev–Trinajstić information content (AvgIpc) is 3.11. The van der Waals surface area contributed by atoms with Crippen LogP contribution in [0.5, 0.6) is 0 Å². The molecule has 3 aromatic rings. The van der Waals surface area contributed by atoms with Gasteiger partial charge in [-0.3, -0.25) is 14.5 Å². The summed E-state index contributed by atoms with van der Waals surface area (Å²) in [6.07, 6.45) is 6.38. The Hall–Kier alpha value is -3.03. The number of H-pyrrole nitrogens is 1. The zero-order valence-corrected chi connectivity index (χ0v) is 10.6. The van der Waals surface area contributed by atoms with E-state index in [4.69, 9.17) is 0 Å². The van der Waals surface area contributed by atoms with Gasteiger partial charge in [0, 0.05) is 12.4 Å². The van der Waals surface area contributed by atoms with Gasteiger partial charge in [0.15, 0.2) is 0 Å². The predicted octanol–water partition coefficient (Wildman–Crippen LogP) is 0.946. The third kappa shape index (κ3) is 2.26. The van der Waals surface area contributed by atoms with E-state index in [1.54, 1.807) is 24.5 Å². The molecule has 1 amide bonds. The number of nitrogens with zero attached hydrogens (tertiary/aromatic N) is 5. The molecule has 8 heteroatoms. The lowest BCUT2D eigenvalue weighted by Crippen LogP contribution is -2.14. The Morgan fingerprint density at radius 1 is 1.30 bits per heavy atom. The van der Waals surface area contributed by atoms with E-state index in [1.807, 2.05) is 17.7 Å². The number of anilines is 1. The van der Waals surface area contributed by atoms with Crippen molar-refractivity contribution in [3.8, 4) is 5.82 Å². The van der Waals surface area contributed by atoms with Crippen molar-refractivity contribution < 1.29 is 4.79 Å². The second-order valence-electron chi connectivity index (χ2n) is 4.04. The summed E-state index contributed by atoms with van der Waals surface area (Å²) in [6.45, 7) is 1.89. The van der Waals surface area contributed by atoms with E-state index >= 15 is 0 Å². The molecule has 0 spiro atoms. The van der Waals surface area contributed by atoms with E-state index in [-0.39, 0.29) is 11.7 Å². The van der Waals surface area contributed by atoms with Crippen LogP contribution in [0.1, 0.15) is 16.4 Å². The molecule has 0 bridgehead atoms. The number of aromatic amines is 1. The summed E-state index contributed by atoms with van der Waals surface area (Å²) in [5.41, 5.74) is 0.577. The lowest BCUT2D eigenvalue weighted by atomic mass is 10.4. The van der Waals surface area contributed by atoms with Gasteiger partial charge in [-0.05, 0) is 19.1 Å². The molecule has 0 aliphatic heterocycles. The summed E-state index contributed by atoms with van der Waals surface area (Å²) in [4.78, 5) is 23.9. The summed E-state index contributed by atoms with van der Waals surface area (Å²) in [5, 5.41) is 8.78. The van der Waals surface area contributed by atoms with Crippen LogP contribution in [0.3, 0.4) is 0 Å². The summed E-state index contributed by atoms with van der Waals surface area (Å²) in [7, 11) is 0. The van der Waals surface area contributed by atoms with Gasteiger partial charge in [0.25, 0.3) is 5.91 Å². The number of carbonyl (C=O) groups is 1. The van der Waals surface area contributed by atoms with E-state index in [0.717, 1.165) is 11.6 Å². The van der Waals surface area contributed by atoms with Crippen LogP contribution in [-0.4, -0.2) is 35.6 Å². The second-order valence-corrected chi connectivity index (χ2v) is 4.04. The summed E-state index contributed by atoms with van der Waals surface area (Å²) >= 11 is 0. The number of carbonyl (C=O) groups excluding carboxylic acids is 1. The third-order valence-corrected chi connectivity index (χ3v) is 2.71. The average molecular weight is 269 g/mol. The molecule has 0 aromatic carbocycles. The Labute approximate surface area is 113 Å². The number of aryl methyl sites for hydroxylation is 1. The highest BCUT2D eigenvalue weighted by Gasteiger charge is 2.09. The molecule has 3 rings (SSSR count). The van der Waals surface area contributed by atoms with Crippen LogP contribution in [-0.2, 0) is 0 Å². The molecule has 2 N–H and O–H groups in total. The first-order valence-electron chi connectivity index (χ1n) is 5.87. The van der Waals surface area contributed by atoms with E-state index in [2.05, 4.69) is 30.5 Å². The first-order chi connectivity index (χ1) is 9.74. The maximum atomic E-state index is 11.8. The number of hydrogen-bond donors (Lipinski definition) is 2. The van der Waals surface area contributed by atoms with Gasteiger partial charge in [0.2, 0.25) is 5.82 Å². The molecule has 100 valence electrons. The van der Waals surface area contributed by atoms with Crippen LogP contribution in [0.4, 0.5) is 5.69 Å². The van der Waals surface area contributed by atoms with Gasteiger partial charge in [0.05, 0.1) is 11.9 Å². The summed E-state index contributed by atoms with van der Waals surface area (Å²) in [5.74, 6) is 1.36. The molecule has 0 fully saturated rings. The standard InChI is InChI=1S/C12H11N7O/c1-8-13-4-5-19(8)10-3-2-9(6-14-10)17-12(20)11-15-7-16-18-11/h2-7H,1H3,(H,17,20)(H,15,16,18). The van der Waals surface area contributed by atoms with Crippen LogP contribution in [0.25, 0.3) is 5.82 Å². The zero-order valence-electron chi connectivity index (χ0n) is 10.6. The van der Waals surface area contributed by atoms with Gasteiger partial charge < -0.3 is 5.32 Å². The third-order valence-electron chi connectivity index (χ3n) is 2.71. The maximum absolute atomic E-state index is 11.8. The largest absolute Gasteiger partial charge is 0.318 e. The molecule has 20 heavy (non-hydrogen) atoms. The molecule has 3 heterocycles. The summed E-state index contributed by atoms with van der Waals surface area (Å²) in [6, 6.07) is 3.56. The smallest absolute Gasteiger partial charge is 0.293 e. The second kappa shape index (κ2) is 4.92. The van der Waals surface area contributed by atoms with Gasteiger partial charge in [-0.1, -0.05) is 0 Å². The van der Waals surface area contributed by atoms with E-state index < -0.39 is 0 Å². The predicted molar refractivity (Wildman–Crippen MR) is 70.4 cm³/mol. The fourth-order valence-electron chi connectivity index (χ4n) is 1.73. The van der Waals surface area contributed by atoms with Gasteiger partial charge >= 0.3 is 0 Å². The van der Waals surface area contributed by atoms with Crippen molar-refractivity contribution in [2.45, 2.75) is 6.92 Å². The first-order valence-corrected chi connectivity index (χ1v) is 5.87. The number of pyridine rings is 1. The lowest BCUT2D eigenvalue weighted by Gasteiger charge is -2.06. The van der Waals surface area contributed by atoms with Crippen molar-refractivity contribution >= 4 is 11.6 Å². The van der Waals surface area contributed by atoms with Gasteiger partial charge in [-0.15, -0.1) is 0 Å². The maximum Gasteiger partial charge on any atom is 0.293 e. The summed E-state index contributed by atoms with van der Waals surface area (Å²) < 4.78 is 1.85. The lowest BCUT2D eigenvalue weighted by molar-refractivity contribution is 0.101. The fourth-order valence-corrected chi connectivity index (χ4v) is 1.73. The minimum absolute atomic E-state index is 0.152. The first kappa shape index (κ1) is 12.0. The SMILES string of the molecule is Cc1nccn1-c1ccc(NC(=O)c2ncn[nH]2)cn1. The number of hydrogen-bond acceptors (Lipinski definition) is 5. The van der Waals surface area contributed by atoms with Crippen LogP contribution < -0.4 is 5.32 Å². The van der Waals surface area contributed by atoms with Gasteiger partial charge in [-0.2, -0.15) is 5.10 Å². The Bertz CT molecular complexity index is 715. The molecule has 0 saturated carbocycles. The van der Waals surface area contributed by atoms with Crippen molar-refractivity contribution in [1.29, 1.82) is 0 Å². The Morgan fingerprint density at radius 2 is 2.20 bits per heavy atom. The molecule has 3 aromatic heterocycles. The zero-order chi connectivity index (χ0) is 13.9. The Kier molecular flexibility index (Phi) is 2.96. The molecule has 0 unspecified atom stereocenters. The number of imidazole rings is 1.